The molecule has 0 aliphatic carbocycles. The van der Waals surface area contributed by atoms with E-state index in [1.807, 2.05) is 16.7 Å². The molecule has 0 atom stereocenters. The molecular formula is C13H11FN4S. The van der Waals surface area contributed by atoms with E-state index in [0.29, 0.717) is 22.4 Å². The molecule has 2 heterocycles. The Bertz CT molecular complexity index is 792. The Hall–Kier alpha value is -2.08. The van der Waals surface area contributed by atoms with E-state index < -0.39 is 0 Å². The second-order valence-corrected chi connectivity index (χ2v) is 4.74. The Morgan fingerprint density at radius 2 is 2.26 bits per heavy atom. The van der Waals surface area contributed by atoms with Gasteiger partial charge in [-0.1, -0.05) is 0 Å². The summed E-state index contributed by atoms with van der Waals surface area (Å²) >= 11 is 5.28. The van der Waals surface area contributed by atoms with Crippen LogP contribution < -0.4 is 0 Å². The number of imidazole rings is 1. The van der Waals surface area contributed by atoms with Gasteiger partial charge >= 0.3 is 0 Å². The third-order valence-electron chi connectivity index (χ3n) is 3.00. The normalized spacial score (nSPS) is 11.1. The predicted molar refractivity (Wildman–Crippen MR) is 73.0 cm³/mol. The number of aryl methyl sites for hydroxylation is 1. The van der Waals surface area contributed by atoms with Crippen LogP contribution in [-0.4, -0.2) is 19.7 Å². The number of nitrogens with zero attached hydrogens (tertiary/aromatic N) is 3. The molecule has 6 heteroatoms. The molecule has 1 aromatic carbocycles. The van der Waals surface area contributed by atoms with Crippen molar-refractivity contribution in [1.29, 1.82) is 0 Å². The van der Waals surface area contributed by atoms with Crippen molar-refractivity contribution in [3.8, 4) is 0 Å². The summed E-state index contributed by atoms with van der Waals surface area (Å²) in [5.41, 5.74) is 2.96. The van der Waals surface area contributed by atoms with Gasteiger partial charge in [0.1, 0.15) is 5.82 Å². The van der Waals surface area contributed by atoms with E-state index >= 15 is 0 Å². The van der Waals surface area contributed by atoms with Crippen LogP contribution in [0.4, 0.5) is 4.39 Å². The third-order valence-corrected chi connectivity index (χ3v) is 3.32. The maximum absolute atomic E-state index is 13.5. The number of hydrogen-bond donors (Lipinski definition) is 1. The second-order valence-electron chi connectivity index (χ2n) is 4.35. The van der Waals surface area contributed by atoms with Crippen LogP contribution in [0.3, 0.4) is 0 Å². The first-order valence-corrected chi connectivity index (χ1v) is 6.21. The van der Waals surface area contributed by atoms with E-state index in [9.17, 15) is 4.39 Å². The predicted octanol–water partition coefficient (Wildman–Crippen LogP) is 2.98. The van der Waals surface area contributed by atoms with Crippen molar-refractivity contribution in [3.63, 3.8) is 0 Å². The summed E-state index contributed by atoms with van der Waals surface area (Å²) < 4.78 is 16.0. The molecule has 0 radical (unpaired) electrons. The Kier molecular flexibility index (Phi) is 2.87. The fraction of sp³-hybridized carbons (Fsp3) is 0.154. The topological polar surface area (TPSA) is 46.5 Å². The first-order chi connectivity index (χ1) is 9.15. The molecule has 4 nitrogen and oxygen atoms in total. The highest BCUT2D eigenvalue weighted by Crippen LogP contribution is 2.19. The molecular weight excluding hydrogens is 263 g/mol. The molecule has 96 valence electrons. The fourth-order valence-corrected chi connectivity index (χ4v) is 2.29. The number of fused-ring (bicyclic) bond motifs is 1. The Labute approximate surface area is 113 Å². The zero-order valence-corrected chi connectivity index (χ0v) is 11.0. The van der Waals surface area contributed by atoms with Gasteiger partial charge in [0.25, 0.3) is 0 Å². The summed E-state index contributed by atoms with van der Waals surface area (Å²) in [7, 11) is 0. The molecule has 0 saturated carbocycles. The SMILES string of the molecule is Cc1cc2c(cc1F)[nH]c(=S)n2Cc1cccnn1. The number of aromatic nitrogens is 4. The summed E-state index contributed by atoms with van der Waals surface area (Å²) in [5, 5.41) is 7.88. The lowest BCUT2D eigenvalue weighted by molar-refractivity contribution is 0.620. The highest BCUT2D eigenvalue weighted by atomic mass is 32.1. The molecule has 0 spiro atoms. The van der Waals surface area contributed by atoms with Crippen LogP contribution in [0.15, 0.2) is 30.5 Å². The summed E-state index contributed by atoms with van der Waals surface area (Å²) in [4.78, 5) is 3.00. The van der Waals surface area contributed by atoms with Gasteiger partial charge in [-0.05, 0) is 49.0 Å². The number of H-pyrrole nitrogens is 1. The first kappa shape index (κ1) is 12.0. The highest BCUT2D eigenvalue weighted by Gasteiger charge is 2.09. The maximum Gasteiger partial charge on any atom is 0.178 e. The molecule has 2 aromatic heterocycles. The largest absolute Gasteiger partial charge is 0.330 e. The monoisotopic (exact) mass is 274 g/mol. The number of aromatic amines is 1. The van der Waals surface area contributed by atoms with Crippen LogP contribution in [-0.2, 0) is 6.54 Å². The Morgan fingerprint density at radius 3 is 3.00 bits per heavy atom. The Morgan fingerprint density at radius 1 is 1.42 bits per heavy atom. The van der Waals surface area contributed by atoms with Crippen molar-refractivity contribution >= 4 is 23.3 Å². The number of halogens is 1. The first-order valence-electron chi connectivity index (χ1n) is 5.80. The van der Waals surface area contributed by atoms with Crippen LogP contribution in [0.5, 0.6) is 0 Å². The molecule has 0 amide bonds. The minimum atomic E-state index is -0.240. The van der Waals surface area contributed by atoms with Gasteiger partial charge < -0.3 is 9.55 Å². The Balaban J connectivity index is 2.16. The van der Waals surface area contributed by atoms with Crippen LogP contribution in [0.1, 0.15) is 11.3 Å². The van der Waals surface area contributed by atoms with Crippen molar-refractivity contribution in [3.05, 3.63) is 52.3 Å². The summed E-state index contributed by atoms with van der Waals surface area (Å²) in [6, 6.07) is 6.96. The van der Waals surface area contributed by atoms with Crippen molar-refractivity contribution in [2.75, 3.05) is 0 Å². The lowest BCUT2D eigenvalue weighted by Crippen LogP contribution is -2.02. The van der Waals surface area contributed by atoms with Gasteiger partial charge in [-0.3, -0.25) is 0 Å². The zero-order chi connectivity index (χ0) is 13.4. The van der Waals surface area contributed by atoms with Gasteiger partial charge in [0.15, 0.2) is 4.77 Å². The molecule has 0 saturated heterocycles. The molecule has 3 aromatic rings. The number of benzene rings is 1. The molecule has 1 N–H and O–H groups in total. The van der Waals surface area contributed by atoms with Crippen molar-refractivity contribution < 1.29 is 4.39 Å². The lowest BCUT2D eigenvalue weighted by Gasteiger charge is -2.04. The van der Waals surface area contributed by atoms with Gasteiger partial charge in [0, 0.05) is 6.20 Å². The average molecular weight is 274 g/mol. The van der Waals surface area contributed by atoms with Gasteiger partial charge in [-0.2, -0.15) is 10.2 Å². The average Bonchev–Trinajstić information content (AvgIpc) is 2.68. The van der Waals surface area contributed by atoms with E-state index in [1.54, 1.807) is 19.2 Å². The minimum absolute atomic E-state index is 0.240. The minimum Gasteiger partial charge on any atom is -0.330 e. The van der Waals surface area contributed by atoms with Crippen LogP contribution >= 0.6 is 12.2 Å². The molecule has 0 bridgehead atoms. The van der Waals surface area contributed by atoms with E-state index in [-0.39, 0.29) is 5.82 Å². The molecule has 0 aliphatic heterocycles. The van der Waals surface area contributed by atoms with Crippen molar-refractivity contribution in [1.82, 2.24) is 19.7 Å². The quantitative estimate of drug-likeness (QED) is 0.731. The molecule has 19 heavy (non-hydrogen) atoms. The standard InChI is InChI=1S/C13H11FN4S/c1-8-5-12-11(6-10(8)14)16-13(19)18(12)7-9-3-2-4-15-17-9/h2-6H,7H2,1H3,(H,16,19). The van der Waals surface area contributed by atoms with Crippen molar-refractivity contribution in [2.24, 2.45) is 0 Å². The molecule has 3 rings (SSSR count). The second kappa shape index (κ2) is 4.55. The van der Waals surface area contributed by atoms with E-state index in [1.165, 1.54) is 6.07 Å². The summed E-state index contributed by atoms with van der Waals surface area (Å²) in [6.45, 7) is 2.25. The lowest BCUT2D eigenvalue weighted by atomic mass is 10.2. The third kappa shape index (κ3) is 2.15. The van der Waals surface area contributed by atoms with Gasteiger partial charge in [-0.25, -0.2) is 4.39 Å². The summed E-state index contributed by atoms with van der Waals surface area (Å²) in [6.07, 6.45) is 1.62. The van der Waals surface area contributed by atoms with Gasteiger partial charge in [0.05, 0.1) is 23.3 Å². The van der Waals surface area contributed by atoms with E-state index in [2.05, 4.69) is 15.2 Å². The molecule has 0 unspecified atom stereocenters. The highest BCUT2D eigenvalue weighted by molar-refractivity contribution is 7.71. The number of rotatable bonds is 2. The van der Waals surface area contributed by atoms with Crippen LogP contribution in [0, 0.1) is 17.5 Å². The number of nitrogens with one attached hydrogen (secondary N) is 1. The van der Waals surface area contributed by atoms with Crippen LogP contribution in [0.25, 0.3) is 11.0 Å². The van der Waals surface area contributed by atoms with Gasteiger partial charge in [-0.15, -0.1) is 0 Å². The smallest absolute Gasteiger partial charge is 0.178 e. The summed E-state index contributed by atoms with van der Waals surface area (Å²) in [5.74, 6) is -0.240. The zero-order valence-electron chi connectivity index (χ0n) is 10.2. The molecule has 0 aliphatic rings. The van der Waals surface area contributed by atoms with Crippen LogP contribution in [0.2, 0.25) is 0 Å². The number of hydrogen-bond acceptors (Lipinski definition) is 3. The van der Waals surface area contributed by atoms with Crippen molar-refractivity contribution in [2.45, 2.75) is 13.5 Å². The molecule has 0 fully saturated rings. The van der Waals surface area contributed by atoms with E-state index in [0.717, 1.165) is 11.2 Å². The maximum atomic E-state index is 13.5. The van der Waals surface area contributed by atoms with E-state index in [4.69, 9.17) is 12.2 Å². The fourth-order valence-electron chi connectivity index (χ4n) is 2.02. The van der Waals surface area contributed by atoms with Gasteiger partial charge in [0.2, 0.25) is 0 Å².